The zero-order valence-corrected chi connectivity index (χ0v) is 11.6. The normalized spacial score (nSPS) is 29.2. The molecule has 0 aliphatic carbocycles. The molecule has 2 rings (SSSR count). The molecule has 108 valence electrons. The molecule has 3 unspecified atom stereocenters. The SMILES string of the molecule is CC(CC(=O)N1CCC(C(=O)O)C1)C1CCCNC1. The third-order valence-corrected chi connectivity index (χ3v) is 4.53. The van der Waals surface area contributed by atoms with Gasteiger partial charge in [-0.15, -0.1) is 0 Å². The molecular weight excluding hydrogens is 244 g/mol. The van der Waals surface area contributed by atoms with E-state index in [0.717, 1.165) is 13.1 Å². The Balaban J connectivity index is 1.79. The van der Waals surface area contributed by atoms with E-state index in [1.165, 1.54) is 12.8 Å². The number of carboxylic acids is 1. The number of nitrogens with one attached hydrogen (secondary N) is 1. The summed E-state index contributed by atoms with van der Waals surface area (Å²) in [5, 5.41) is 12.3. The minimum Gasteiger partial charge on any atom is -0.481 e. The van der Waals surface area contributed by atoms with Gasteiger partial charge in [0.05, 0.1) is 5.92 Å². The van der Waals surface area contributed by atoms with Crippen LogP contribution in [0.2, 0.25) is 0 Å². The predicted molar refractivity (Wildman–Crippen MR) is 71.7 cm³/mol. The van der Waals surface area contributed by atoms with Crippen molar-refractivity contribution in [3.63, 3.8) is 0 Å². The first-order chi connectivity index (χ1) is 9.08. The highest BCUT2D eigenvalue weighted by Crippen LogP contribution is 2.25. The lowest BCUT2D eigenvalue weighted by atomic mass is 9.85. The van der Waals surface area contributed by atoms with Crippen LogP contribution in [0.25, 0.3) is 0 Å². The van der Waals surface area contributed by atoms with E-state index in [0.29, 0.717) is 37.8 Å². The number of hydrogen-bond donors (Lipinski definition) is 2. The first-order valence-corrected chi connectivity index (χ1v) is 7.29. The van der Waals surface area contributed by atoms with Gasteiger partial charge >= 0.3 is 5.97 Å². The molecule has 19 heavy (non-hydrogen) atoms. The molecule has 2 N–H and O–H groups in total. The largest absolute Gasteiger partial charge is 0.481 e. The van der Waals surface area contributed by atoms with Crippen molar-refractivity contribution >= 4 is 11.9 Å². The van der Waals surface area contributed by atoms with Crippen LogP contribution in [0, 0.1) is 17.8 Å². The summed E-state index contributed by atoms with van der Waals surface area (Å²) in [6.07, 6.45) is 3.53. The average Bonchev–Trinajstić information content (AvgIpc) is 2.89. The Morgan fingerprint density at radius 1 is 1.42 bits per heavy atom. The lowest BCUT2D eigenvalue weighted by Crippen LogP contribution is -2.36. The number of carbonyl (C=O) groups excluding carboxylic acids is 1. The molecule has 0 aromatic carbocycles. The quantitative estimate of drug-likeness (QED) is 0.796. The van der Waals surface area contributed by atoms with E-state index in [2.05, 4.69) is 12.2 Å². The number of aliphatic carboxylic acids is 1. The van der Waals surface area contributed by atoms with E-state index in [9.17, 15) is 9.59 Å². The Bertz CT molecular complexity index is 340. The lowest BCUT2D eigenvalue weighted by Gasteiger charge is -2.29. The first kappa shape index (κ1) is 14.3. The summed E-state index contributed by atoms with van der Waals surface area (Å²) >= 11 is 0. The van der Waals surface area contributed by atoms with Crippen LogP contribution in [0.5, 0.6) is 0 Å². The summed E-state index contributed by atoms with van der Waals surface area (Å²) in [5.74, 6) is -0.0583. The summed E-state index contributed by atoms with van der Waals surface area (Å²) in [7, 11) is 0. The molecule has 0 aromatic rings. The van der Waals surface area contributed by atoms with E-state index in [-0.39, 0.29) is 11.8 Å². The average molecular weight is 268 g/mol. The number of rotatable bonds is 4. The van der Waals surface area contributed by atoms with Crippen LogP contribution in [0.4, 0.5) is 0 Å². The number of carboxylic acid groups (broad SMARTS) is 1. The van der Waals surface area contributed by atoms with Gasteiger partial charge in [-0.2, -0.15) is 0 Å². The molecule has 5 heteroatoms. The van der Waals surface area contributed by atoms with Gasteiger partial charge in [0.25, 0.3) is 0 Å². The highest BCUT2D eigenvalue weighted by Gasteiger charge is 2.32. The number of piperidine rings is 1. The first-order valence-electron chi connectivity index (χ1n) is 7.29. The highest BCUT2D eigenvalue weighted by atomic mass is 16.4. The molecule has 2 saturated heterocycles. The third-order valence-electron chi connectivity index (χ3n) is 4.53. The van der Waals surface area contributed by atoms with Crippen molar-refractivity contribution in [3.8, 4) is 0 Å². The number of nitrogens with zero attached hydrogens (tertiary/aromatic N) is 1. The smallest absolute Gasteiger partial charge is 0.308 e. The monoisotopic (exact) mass is 268 g/mol. The molecule has 5 nitrogen and oxygen atoms in total. The van der Waals surface area contributed by atoms with Crippen molar-refractivity contribution in [1.29, 1.82) is 0 Å². The summed E-state index contributed by atoms with van der Waals surface area (Å²) < 4.78 is 0. The molecular formula is C14H24N2O3. The van der Waals surface area contributed by atoms with Crippen LogP contribution >= 0.6 is 0 Å². The van der Waals surface area contributed by atoms with Gasteiger partial charge in [0.2, 0.25) is 5.91 Å². The van der Waals surface area contributed by atoms with Gasteiger partial charge in [0.1, 0.15) is 0 Å². The maximum Gasteiger partial charge on any atom is 0.308 e. The molecule has 2 aliphatic heterocycles. The molecule has 0 saturated carbocycles. The van der Waals surface area contributed by atoms with Crippen LogP contribution in [-0.4, -0.2) is 48.1 Å². The van der Waals surface area contributed by atoms with Gasteiger partial charge in [0.15, 0.2) is 0 Å². The third kappa shape index (κ3) is 3.69. The Morgan fingerprint density at radius 2 is 2.21 bits per heavy atom. The highest BCUT2D eigenvalue weighted by molar-refractivity contribution is 5.78. The summed E-state index contributed by atoms with van der Waals surface area (Å²) in [4.78, 5) is 24.8. The minimum atomic E-state index is -0.778. The fraction of sp³-hybridized carbons (Fsp3) is 0.857. The molecule has 2 aliphatic rings. The van der Waals surface area contributed by atoms with Crippen LogP contribution in [0.15, 0.2) is 0 Å². The van der Waals surface area contributed by atoms with Gasteiger partial charge in [0, 0.05) is 19.5 Å². The fourth-order valence-corrected chi connectivity index (χ4v) is 3.12. The molecule has 0 bridgehead atoms. The van der Waals surface area contributed by atoms with Crippen molar-refractivity contribution in [3.05, 3.63) is 0 Å². The van der Waals surface area contributed by atoms with Crippen LogP contribution in [0.1, 0.15) is 32.6 Å². The number of likely N-dealkylation sites (tertiary alicyclic amines) is 1. The Labute approximate surface area is 114 Å². The standard InChI is InChI=1S/C14H24N2O3/c1-10(11-3-2-5-15-8-11)7-13(17)16-6-4-12(9-16)14(18)19/h10-12,15H,2-9H2,1H3,(H,18,19). The summed E-state index contributed by atoms with van der Waals surface area (Å²) in [5.41, 5.74) is 0. The number of amides is 1. The molecule has 2 heterocycles. The molecule has 0 spiro atoms. The van der Waals surface area contributed by atoms with E-state index < -0.39 is 5.97 Å². The Morgan fingerprint density at radius 3 is 2.79 bits per heavy atom. The number of carbonyl (C=O) groups is 2. The van der Waals surface area contributed by atoms with Gasteiger partial charge in [-0.25, -0.2) is 0 Å². The maximum absolute atomic E-state index is 12.2. The van der Waals surface area contributed by atoms with E-state index >= 15 is 0 Å². The van der Waals surface area contributed by atoms with Crippen molar-refractivity contribution in [2.75, 3.05) is 26.2 Å². The molecule has 0 aromatic heterocycles. The Hall–Kier alpha value is -1.10. The van der Waals surface area contributed by atoms with Crippen molar-refractivity contribution in [1.82, 2.24) is 10.2 Å². The zero-order chi connectivity index (χ0) is 13.8. The second kappa shape index (κ2) is 6.37. The molecule has 3 atom stereocenters. The van der Waals surface area contributed by atoms with Crippen molar-refractivity contribution in [2.24, 2.45) is 17.8 Å². The summed E-state index contributed by atoms with van der Waals surface area (Å²) in [6, 6.07) is 0. The molecule has 0 radical (unpaired) electrons. The second-order valence-corrected chi connectivity index (χ2v) is 5.95. The second-order valence-electron chi connectivity index (χ2n) is 5.95. The topological polar surface area (TPSA) is 69.6 Å². The van der Waals surface area contributed by atoms with Crippen molar-refractivity contribution < 1.29 is 14.7 Å². The van der Waals surface area contributed by atoms with E-state index in [4.69, 9.17) is 5.11 Å². The van der Waals surface area contributed by atoms with Crippen LogP contribution in [0.3, 0.4) is 0 Å². The van der Waals surface area contributed by atoms with Gasteiger partial charge < -0.3 is 15.3 Å². The summed E-state index contributed by atoms with van der Waals surface area (Å²) in [6.45, 7) is 5.23. The van der Waals surface area contributed by atoms with E-state index in [1.807, 2.05) is 0 Å². The maximum atomic E-state index is 12.2. The van der Waals surface area contributed by atoms with Gasteiger partial charge in [-0.05, 0) is 44.2 Å². The van der Waals surface area contributed by atoms with Crippen LogP contribution < -0.4 is 5.32 Å². The minimum absolute atomic E-state index is 0.127. The zero-order valence-electron chi connectivity index (χ0n) is 11.6. The number of hydrogen-bond acceptors (Lipinski definition) is 3. The Kier molecular flexibility index (Phi) is 4.80. The van der Waals surface area contributed by atoms with Gasteiger partial charge in [-0.1, -0.05) is 6.92 Å². The lowest BCUT2D eigenvalue weighted by molar-refractivity contribution is -0.141. The van der Waals surface area contributed by atoms with E-state index in [1.54, 1.807) is 4.90 Å². The fourth-order valence-electron chi connectivity index (χ4n) is 3.12. The van der Waals surface area contributed by atoms with Crippen LogP contribution in [-0.2, 0) is 9.59 Å². The van der Waals surface area contributed by atoms with Crippen molar-refractivity contribution in [2.45, 2.75) is 32.6 Å². The molecule has 1 amide bonds. The molecule has 2 fully saturated rings. The predicted octanol–water partition coefficient (Wildman–Crippen LogP) is 0.945. The van der Waals surface area contributed by atoms with Gasteiger partial charge in [-0.3, -0.25) is 9.59 Å².